The first-order chi connectivity index (χ1) is 15.8. The molecule has 0 spiro atoms. The molecule has 0 amide bonds. The first kappa shape index (κ1) is 18.7. The maximum absolute atomic E-state index is 2.41. The highest BCUT2D eigenvalue weighted by molar-refractivity contribution is 6.05. The second-order valence-corrected chi connectivity index (χ2v) is 8.37. The molecule has 0 saturated carbocycles. The molecule has 152 valence electrons. The van der Waals surface area contributed by atoms with Crippen LogP contribution in [0.1, 0.15) is 5.56 Å². The van der Waals surface area contributed by atoms with Crippen LogP contribution >= 0.6 is 0 Å². The normalized spacial score (nSPS) is 11.3. The lowest BCUT2D eigenvalue weighted by Crippen LogP contribution is -2.11. The Kier molecular flexibility index (Phi) is 4.40. The van der Waals surface area contributed by atoms with Crippen LogP contribution < -0.4 is 4.90 Å². The van der Waals surface area contributed by atoms with E-state index < -0.39 is 0 Å². The number of rotatable bonds is 3. The van der Waals surface area contributed by atoms with Gasteiger partial charge in [0.15, 0.2) is 0 Å². The van der Waals surface area contributed by atoms with Crippen molar-refractivity contribution in [3.8, 4) is 0 Å². The molecule has 6 rings (SSSR count). The van der Waals surface area contributed by atoms with Crippen molar-refractivity contribution < 1.29 is 0 Å². The first-order valence-corrected chi connectivity index (χ1v) is 11.0. The first-order valence-electron chi connectivity index (χ1n) is 11.0. The SMILES string of the molecule is Cc1ccc2cc(N(c3cccc4ccccc34)c3cccc4ccccc34)ccc2c1. The fraction of sp³-hybridized carbons (Fsp3) is 0.0323. The van der Waals surface area contributed by atoms with Crippen LogP contribution in [0.5, 0.6) is 0 Å². The van der Waals surface area contributed by atoms with Crippen LogP contribution in [0.25, 0.3) is 32.3 Å². The predicted octanol–water partition coefficient (Wildman–Crippen LogP) is 8.92. The average Bonchev–Trinajstić information content (AvgIpc) is 2.84. The fourth-order valence-electron chi connectivity index (χ4n) is 4.71. The summed E-state index contributed by atoms with van der Waals surface area (Å²) in [5.41, 5.74) is 4.82. The van der Waals surface area contributed by atoms with E-state index in [0.717, 1.165) is 5.69 Å². The second-order valence-electron chi connectivity index (χ2n) is 8.37. The maximum atomic E-state index is 2.41. The number of benzene rings is 6. The monoisotopic (exact) mass is 409 g/mol. The Balaban J connectivity index is 1.68. The van der Waals surface area contributed by atoms with Gasteiger partial charge in [-0.25, -0.2) is 0 Å². The van der Waals surface area contributed by atoms with Crippen LogP contribution in [-0.4, -0.2) is 0 Å². The Morgan fingerprint density at radius 2 is 0.969 bits per heavy atom. The van der Waals surface area contributed by atoms with Crippen LogP contribution in [0.2, 0.25) is 0 Å². The standard InChI is InChI=1S/C31H23N/c1-22-16-17-26-21-27(19-18-25(26)20-22)32(30-14-6-10-23-8-2-4-12-28(23)30)31-15-7-11-24-9-3-5-13-29(24)31/h2-21H,1H3. The Hall–Kier alpha value is -4.10. The molecule has 6 aromatic carbocycles. The summed E-state index contributed by atoms with van der Waals surface area (Å²) in [6.07, 6.45) is 0. The van der Waals surface area contributed by atoms with E-state index in [1.807, 2.05) is 0 Å². The molecule has 0 unspecified atom stereocenters. The minimum atomic E-state index is 1.16. The number of aryl methyl sites for hydroxylation is 1. The Morgan fingerprint density at radius 1 is 0.438 bits per heavy atom. The third-order valence-corrected chi connectivity index (χ3v) is 6.25. The number of fused-ring (bicyclic) bond motifs is 3. The van der Waals surface area contributed by atoms with E-state index >= 15 is 0 Å². The topological polar surface area (TPSA) is 3.24 Å². The summed E-state index contributed by atoms with van der Waals surface area (Å²) in [5, 5.41) is 7.49. The van der Waals surface area contributed by atoms with Gasteiger partial charge in [-0.2, -0.15) is 0 Å². The van der Waals surface area contributed by atoms with Gasteiger partial charge in [0.2, 0.25) is 0 Å². The molecule has 0 aliphatic rings. The van der Waals surface area contributed by atoms with E-state index in [9.17, 15) is 0 Å². The lowest BCUT2D eigenvalue weighted by atomic mass is 10.0. The summed E-state index contributed by atoms with van der Waals surface area (Å²) >= 11 is 0. The summed E-state index contributed by atoms with van der Waals surface area (Å²) < 4.78 is 0. The molecule has 0 heterocycles. The van der Waals surface area contributed by atoms with Crippen molar-refractivity contribution in [3.05, 3.63) is 127 Å². The van der Waals surface area contributed by atoms with Gasteiger partial charge >= 0.3 is 0 Å². The van der Waals surface area contributed by atoms with Gasteiger partial charge in [-0.1, -0.05) is 103 Å². The molecule has 0 saturated heterocycles. The lowest BCUT2D eigenvalue weighted by Gasteiger charge is -2.28. The molecule has 0 aromatic heterocycles. The zero-order chi connectivity index (χ0) is 21.5. The van der Waals surface area contributed by atoms with Gasteiger partial charge in [0.25, 0.3) is 0 Å². The molecule has 0 bridgehead atoms. The Bertz CT molecular complexity index is 1510. The Morgan fingerprint density at radius 3 is 1.62 bits per heavy atom. The van der Waals surface area contributed by atoms with E-state index in [4.69, 9.17) is 0 Å². The highest BCUT2D eigenvalue weighted by atomic mass is 15.1. The predicted molar refractivity (Wildman–Crippen MR) is 138 cm³/mol. The van der Waals surface area contributed by atoms with Crippen LogP contribution in [0.15, 0.2) is 121 Å². The molecule has 6 aromatic rings. The molecule has 0 radical (unpaired) electrons. The van der Waals surface area contributed by atoms with Crippen molar-refractivity contribution in [2.24, 2.45) is 0 Å². The third-order valence-electron chi connectivity index (χ3n) is 6.25. The lowest BCUT2D eigenvalue weighted by molar-refractivity contribution is 1.32. The van der Waals surface area contributed by atoms with Crippen molar-refractivity contribution in [1.29, 1.82) is 0 Å². The van der Waals surface area contributed by atoms with Gasteiger partial charge in [-0.15, -0.1) is 0 Å². The van der Waals surface area contributed by atoms with E-state index in [1.54, 1.807) is 0 Å². The summed E-state index contributed by atoms with van der Waals surface area (Å²) in [7, 11) is 0. The van der Waals surface area contributed by atoms with Gasteiger partial charge in [0.1, 0.15) is 0 Å². The zero-order valence-electron chi connectivity index (χ0n) is 18.0. The Labute approximate surface area is 188 Å². The molecule has 0 N–H and O–H groups in total. The van der Waals surface area contributed by atoms with E-state index in [-0.39, 0.29) is 0 Å². The molecular formula is C31H23N. The van der Waals surface area contributed by atoms with Gasteiger partial charge in [0.05, 0.1) is 11.4 Å². The molecule has 1 heteroatoms. The molecule has 0 aliphatic heterocycles. The summed E-state index contributed by atoms with van der Waals surface area (Å²) in [4.78, 5) is 2.41. The number of anilines is 3. The molecule has 32 heavy (non-hydrogen) atoms. The highest BCUT2D eigenvalue weighted by Gasteiger charge is 2.17. The molecule has 0 fully saturated rings. The minimum Gasteiger partial charge on any atom is -0.309 e. The van der Waals surface area contributed by atoms with Crippen LogP contribution in [0.3, 0.4) is 0 Å². The van der Waals surface area contributed by atoms with Crippen LogP contribution in [0, 0.1) is 6.92 Å². The molecule has 0 atom stereocenters. The number of nitrogens with zero attached hydrogens (tertiary/aromatic N) is 1. The number of hydrogen-bond acceptors (Lipinski definition) is 1. The highest BCUT2D eigenvalue weighted by Crippen LogP contribution is 2.42. The molecule has 0 aliphatic carbocycles. The van der Waals surface area contributed by atoms with Gasteiger partial charge in [-0.3, -0.25) is 0 Å². The van der Waals surface area contributed by atoms with Crippen LogP contribution in [0.4, 0.5) is 17.1 Å². The third kappa shape index (κ3) is 3.11. The number of hydrogen-bond donors (Lipinski definition) is 0. The van der Waals surface area contributed by atoms with Crippen molar-refractivity contribution in [2.75, 3.05) is 4.90 Å². The zero-order valence-corrected chi connectivity index (χ0v) is 18.0. The van der Waals surface area contributed by atoms with E-state index in [0.29, 0.717) is 0 Å². The van der Waals surface area contributed by atoms with E-state index in [2.05, 4.69) is 133 Å². The summed E-state index contributed by atoms with van der Waals surface area (Å²) in [6.45, 7) is 2.14. The van der Waals surface area contributed by atoms with Gasteiger partial charge < -0.3 is 4.90 Å². The average molecular weight is 410 g/mol. The van der Waals surface area contributed by atoms with Crippen LogP contribution in [-0.2, 0) is 0 Å². The van der Waals surface area contributed by atoms with Gasteiger partial charge in [0, 0.05) is 16.5 Å². The second kappa shape index (κ2) is 7.55. The van der Waals surface area contributed by atoms with Gasteiger partial charge in [-0.05, 0) is 52.7 Å². The summed E-state index contributed by atoms with van der Waals surface area (Å²) in [5.74, 6) is 0. The van der Waals surface area contributed by atoms with Crippen molar-refractivity contribution >= 4 is 49.4 Å². The molecular weight excluding hydrogens is 386 g/mol. The maximum Gasteiger partial charge on any atom is 0.0540 e. The van der Waals surface area contributed by atoms with Crippen molar-refractivity contribution in [1.82, 2.24) is 0 Å². The fourth-order valence-corrected chi connectivity index (χ4v) is 4.71. The van der Waals surface area contributed by atoms with E-state index in [1.165, 1.54) is 49.3 Å². The largest absolute Gasteiger partial charge is 0.309 e. The summed E-state index contributed by atoms with van der Waals surface area (Å²) in [6, 6.07) is 43.8. The minimum absolute atomic E-state index is 1.16. The quantitative estimate of drug-likeness (QED) is 0.282. The van der Waals surface area contributed by atoms with Crippen molar-refractivity contribution in [3.63, 3.8) is 0 Å². The van der Waals surface area contributed by atoms with Crippen molar-refractivity contribution in [2.45, 2.75) is 6.92 Å². The smallest absolute Gasteiger partial charge is 0.0540 e. The molecule has 1 nitrogen and oxygen atoms in total.